The number of hydrogen-bond donors (Lipinski definition) is 0. The van der Waals surface area contributed by atoms with Gasteiger partial charge in [-0.2, -0.15) is 5.26 Å². The molecule has 0 aliphatic heterocycles. The first-order chi connectivity index (χ1) is 11.5. The fraction of sp³-hybridized carbons (Fsp3) is 0.389. The number of carbonyl (C=O) groups is 1. The Morgan fingerprint density at radius 2 is 2.12 bits per heavy atom. The summed E-state index contributed by atoms with van der Waals surface area (Å²) in [6, 6.07) is 6.73. The summed E-state index contributed by atoms with van der Waals surface area (Å²) in [4.78, 5) is 23.2. The highest BCUT2D eigenvalue weighted by Gasteiger charge is 2.13. The zero-order chi connectivity index (χ0) is 17.5. The summed E-state index contributed by atoms with van der Waals surface area (Å²) >= 11 is 0. The largest absolute Gasteiger partial charge is 0.478 e. The summed E-state index contributed by atoms with van der Waals surface area (Å²) < 4.78 is 15.7. The highest BCUT2D eigenvalue weighted by molar-refractivity contribution is 5.83. The van der Waals surface area contributed by atoms with E-state index in [1.165, 1.54) is 6.07 Å². The Bertz CT molecular complexity index is 832. The fourth-order valence-electron chi connectivity index (χ4n) is 2.36. The van der Waals surface area contributed by atoms with Gasteiger partial charge in [-0.15, -0.1) is 0 Å². The highest BCUT2D eigenvalue weighted by Crippen LogP contribution is 2.28. The van der Waals surface area contributed by atoms with Crippen LogP contribution in [0.1, 0.15) is 30.9 Å². The average Bonchev–Trinajstić information content (AvgIpc) is 2.55. The van der Waals surface area contributed by atoms with Crippen LogP contribution in [0.3, 0.4) is 0 Å². The van der Waals surface area contributed by atoms with E-state index in [1.54, 1.807) is 6.07 Å². The minimum atomic E-state index is -0.442. The third-order valence-electron chi connectivity index (χ3n) is 3.49. The normalized spacial score (nSPS) is 10.4. The molecule has 0 atom stereocenters. The summed E-state index contributed by atoms with van der Waals surface area (Å²) in [7, 11) is 0. The van der Waals surface area contributed by atoms with Crippen molar-refractivity contribution < 1.29 is 18.7 Å². The summed E-state index contributed by atoms with van der Waals surface area (Å²) in [5.74, 6) is 0.153. The summed E-state index contributed by atoms with van der Waals surface area (Å²) in [6.45, 7) is 4.02. The van der Waals surface area contributed by atoms with E-state index in [9.17, 15) is 9.59 Å². The molecule has 1 heterocycles. The van der Waals surface area contributed by atoms with Crippen molar-refractivity contribution in [2.75, 3.05) is 13.2 Å². The minimum absolute atomic E-state index is 0.130. The lowest BCUT2D eigenvalue weighted by Crippen LogP contribution is -2.08. The van der Waals surface area contributed by atoms with Gasteiger partial charge in [0.1, 0.15) is 17.4 Å². The van der Waals surface area contributed by atoms with E-state index in [2.05, 4.69) is 0 Å². The van der Waals surface area contributed by atoms with E-state index < -0.39 is 5.63 Å². The Morgan fingerprint density at radius 3 is 2.83 bits per heavy atom. The van der Waals surface area contributed by atoms with Gasteiger partial charge in [0.2, 0.25) is 0 Å². The molecule has 6 nitrogen and oxygen atoms in total. The Morgan fingerprint density at radius 1 is 1.33 bits per heavy atom. The average molecular weight is 329 g/mol. The molecular weight excluding hydrogens is 310 g/mol. The fourth-order valence-corrected chi connectivity index (χ4v) is 2.36. The maximum Gasteiger partial charge on any atom is 0.336 e. The third kappa shape index (κ3) is 4.35. The van der Waals surface area contributed by atoms with Crippen molar-refractivity contribution in [3.63, 3.8) is 0 Å². The van der Waals surface area contributed by atoms with Crippen molar-refractivity contribution in [2.45, 2.75) is 33.1 Å². The van der Waals surface area contributed by atoms with Crippen molar-refractivity contribution in [3.8, 4) is 11.8 Å². The van der Waals surface area contributed by atoms with Crippen molar-refractivity contribution in [3.05, 3.63) is 39.7 Å². The van der Waals surface area contributed by atoms with Crippen molar-refractivity contribution in [2.24, 2.45) is 0 Å². The molecule has 24 heavy (non-hydrogen) atoms. The monoisotopic (exact) mass is 329 g/mol. The van der Waals surface area contributed by atoms with Crippen LogP contribution >= 0.6 is 0 Å². The van der Waals surface area contributed by atoms with E-state index in [0.717, 1.165) is 22.9 Å². The van der Waals surface area contributed by atoms with Gasteiger partial charge in [-0.3, -0.25) is 4.79 Å². The molecule has 0 N–H and O–H groups in total. The molecule has 6 heteroatoms. The van der Waals surface area contributed by atoms with Crippen molar-refractivity contribution in [1.29, 1.82) is 5.26 Å². The van der Waals surface area contributed by atoms with Gasteiger partial charge < -0.3 is 13.9 Å². The van der Waals surface area contributed by atoms with E-state index in [1.807, 2.05) is 26.0 Å². The number of fused-ring (bicyclic) bond motifs is 1. The Labute approximate surface area is 139 Å². The first-order valence-electron chi connectivity index (χ1n) is 7.78. The lowest BCUT2D eigenvalue weighted by Gasteiger charge is -2.11. The molecular formula is C18H19NO5. The second-order valence-corrected chi connectivity index (χ2v) is 5.37. The van der Waals surface area contributed by atoms with Crippen LogP contribution in [-0.2, 0) is 16.0 Å². The Kier molecular flexibility index (Phi) is 5.96. The van der Waals surface area contributed by atoms with Gasteiger partial charge in [-0.25, -0.2) is 4.79 Å². The summed E-state index contributed by atoms with van der Waals surface area (Å²) in [5, 5.41) is 9.49. The van der Waals surface area contributed by atoms with Gasteiger partial charge in [-0.05, 0) is 37.0 Å². The standard InChI is InChI=1S/C18H19NO5/c1-3-7-23-17(20)5-4-13-10-14-12(2)9-18(21)24-16(14)11-15(13)22-8-6-19/h9-11H,3-5,7-8H2,1-2H3. The van der Waals surface area contributed by atoms with Gasteiger partial charge in [0.25, 0.3) is 0 Å². The molecule has 0 fully saturated rings. The predicted octanol–water partition coefficient (Wildman–Crippen LogP) is 2.89. The summed E-state index contributed by atoms with van der Waals surface area (Å²) in [5.41, 5.74) is 1.50. The molecule has 0 spiro atoms. The lowest BCUT2D eigenvalue weighted by atomic mass is 10.0. The van der Waals surface area contributed by atoms with Crippen molar-refractivity contribution >= 4 is 16.9 Å². The SMILES string of the molecule is CCCOC(=O)CCc1cc2c(C)cc(=O)oc2cc1OCC#N. The van der Waals surface area contributed by atoms with Gasteiger partial charge in [-0.1, -0.05) is 6.92 Å². The van der Waals surface area contributed by atoms with Crippen LogP contribution in [0.2, 0.25) is 0 Å². The number of nitrogens with zero attached hydrogens (tertiary/aromatic N) is 1. The van der Waals surface area contributed by atoms with E-state index in [-0.39, 0.29) is 19.0 Å². The lowest BCUT2D eigenvalue weighted by molar-refractivity contribution is -0.143. The van der Waals surface area contributed by atoms with Crippen LogP contribution in [0.4, 0.5) is 0 Å². The van der Waals surface area contributed by atoms with Crippen LogP contribution < -0.4 is 10.4 Å². The molecule has 0 saturated carbocycles. The van der Waals surface area contributed by atoms with Crippen LogP contribution in [-0.4, -0.2) is 19.2 Å². The Hall–Kier alpha value is -2.81. The van der Waals surface area contributed by atoms with Crippen LogP contribution in [0.15, 0.2) is 27.4 Å². The number of esters is 1. The van der Waals surface area contributed by atoms with E-state index in [4.69, 9.17) is 19.2 Å². The second-order valence-electron chi connectivity index (χ2n) is 5.37. The maximum absolute atomic E-state index is 11.7. The molecule has 126 valence electrons. The second kappa shape index (κ2) is 8.16. The molecule has 2 rings (SSSR count). The number of aryl methyl sites for hydroxylation is 2. The molecule has 1 aromatic carbocycles. The molecule has 0 bridgehead atoms. The topological polar surface area (TPSA) is 89.5 Å². The first-order valence-corrected chi connectivity index (χ1v) is 7.78. The quantitative estimate of drug-likeness (QED) is 0.573. The van der Waals surface area contributed by atoms with Crippen LogP contribution in [0, 0.1) is 18.3 Å². The van der Waals surface area contributed by atoms with Crippen molar-refractivity contribution in [1.82, 2.24) is 0 Å². The number of ether oxygens (including phenoxy) is 2. The predicted molar refractivity (Wildman–Crippen MR) is 87.9 cm³/mol. The van der Waals surface area contributed by atoms with Gasteiger partial charge in [0, 0.05) is 23.9 Å². The smallest absolute Gasteiger partial charge is 0.336 e. The zero-order valence-electron chi connectivity index (χ0n) is 13.8. The zero-order valence-corrected chi connectivity index (χ0v) is 13.8. The number of hydrogen-bond acceptors (Lipinski definition) is 6. The molecule has 0 amide bonds. The van der Waals surface area contributed by atoms with Gasteiger partial charge in [0.05, 0.1) is 6.61 Å². The molecule has 0 unspecified atom stereocenters. The molecule has 0 aliphatic rings. The summed E-state index contributed by atoms with van der Waals surface area (Å²) in [6.07, 6.45) is 1.40. The Balaban J connectivity index is 2.33. The van der Waals surface area contributed by atoms with Gasteiger partial charge >= 0.3 is 11.6 Å². The van der Waals surface area contributed by atoms with Crippen LogP contribution in [0.5, 0.6) is 5.75 Å². The third-order valence-corrected chi connectivity index (χ3v) is 3.49. The maximum atomic E-state index is 11.7. The van der Waals surface area contributed by atoms with Crippen LogP contribution in [0.25, 0.3) is 11.0 Å². The number of carbonyl (C=O) groups excluding carboxylic acids is 1. The molecule has 0 aliphatic carbocycles. The molecule has 0 saturated heterocycles. The van der Waals surface area contributed by atoms with Gasteiger partial charge in [0.15, 0.2) is 6.61 Å². The molecule has 1 aromatic heterocycles. The minimum Gasteiger partial charge on any atom is -0.478 e. The number of benzene rings is 1. The first kappa shape index (κ1) is 17.5. The van der Waals surface area contributed by atoms with E-state index >= 15 is 0 Å². The molecule has 0 radical (unpaired) electrons. The highest BCUT2D eigenvalue weighted by atomic mass is 16.5. The van der Waals surface area contributed by atoms with E-state index in [0.29, 0.717) is 24.4 Å². The molecule has 2 aromatic rings. The number of rotatable bonds is 7. The number of nitriles is 1.